The van der Waals surface area contributed by atoms with Gasteiger partial charge < -0.3 is 24.2 Å². The van der Waals surface area contributed by atoms with Crippen molar-refractivity contribution in [1.29, 1.82) is 0 Å². The van der Waals surface area contributed by atoms with E-state index >= 15 is 0 Å². The van der Waals surface area contributed by atoms with E-state index in [4.69, 9.17) is 14.2 Å². The van der Waals surface area contributed by atoms with Crippen LogP contribution in [0, 0.1) is 5.92 Å². The van der Waals surface area contributed by atoms with Crippen LogP contribution in [0.2, 0.25) is 0 Å². The van der Waals surface area contributed by atoms with Crippen molar-refractivity contribution in [2.45, 2.75) is 45.1 Å². The van der Waals surface area contributed by atoms with Gasteiger partial charge in [0, 0.05) is 36.2 Å². The topological polar surface area (TPSA) is 126 Å². The van der Waals surface area contributed by atoms with E-state index < -0.39 is 12.1 Å². The van der Waals surface area contributed by atoms with Crippen LogP contribution in [0.5, 0.6) is 0 Å². The number of aliphatic hydroxyl groups is 1. The number of hydrogen-bond acceptors (Lipinski definition) is 8. The molecule has 1 aliphatic rings. The Morgan fingerprint density at radius 2 is 1.87 bits per heavy atom. The second-order valence-electron chi connectivity index (χ2n) is 9.88. The molecule has 2 aromatic heterocycles. The summed E-state index contributed by atoms with van der Waals surface area (Å²) in [5.74, 6) is 0.817. The van der Waals surface area contributed by atoms with Crippen molar-refractivity contribution in [1.82, 2.24) is 20.2 Å². The Balaban J connectivity index is 1.28. The summed E-state index contributed by atoms with van der Waals surface area (Å²) in [6, 6.07) is 17.3. The smallest absolute Gasteiger partial charge is 0.303 e. The van der Waals surface area contributed by atoms with Crippen LogP contribution in [0.3, 0.4) is 0 Å². The van der Waals surface area contributed by atoms with Gasteiger partial charge in [0.05, 0.1) is 6.10 Å². The first kappa shape index (κ1) is 25.8. The van der Waals surface area contributed by atoms with Gasteiger partial charge in [-0.15, -0.1) is 0 Å². The summed E-state index contributed by atoms with van der Waals surface area (Å²) in [6.45, 7) is 4.13. The maximum Gasteiger partial charge on any atom is 0.303 e. The Morgan fingerprint density at radius 1 is 1.08 bits per heavy atom. The maximum absolute atomic E-state index is 11.1. The molecule has 1 saturated heterocycles. The second-order valence-corrected chi connectivity index (χ2v) is 9.88. The number of nitrogens with zero attached hydrogens (tertiary/aromatic N) is 4. The van der Waals surface area contributed by atoms with Crippen LogP contribution in [-0.4, -0.2) is 56.0 Å². The van der Waals surface area contributed by atoms with E-state index in [1.54, 1.807) is 0 Å². The van der Waals surface area contributed by atoms with Crippen molar-refractivity contribution in [2.24, 2.45) is 5.92 Å². The Bertz CT molecular complexity index is 1350. The summed E-state index contributed by atoms with van der Waals surface area (Å²) >= 11 is 0. The molecule has 2 N–H and O–H groups in total. The highest BCUT2D eigenvalue weighted by Gasteiger charge is 2.25. The molecule has 0 amide bonds. The number of aliphatic hydroxyl groups excluding tert-OH is 1. The zero-order valence-corrected chi connectivity index (χ0v) is 21.4. The third-order valence-corrected chi connectivity index (χ3v) is 7.00. The van der Waals surface area contributed by atoms with Crippen LogP contribution in [0.25, 0.3) is 34.3 Å². The number of carbonyl (C=O) groups is 1. The fourth-order valence-electron chi connectivity index (χ4n) is 5.15. The molecule has 9 nitrogen and oxygen atoms in total. The standard InChI is InChI=1S/C29H32N4O5/c1-2-7-23-26(31-37-27(23)21-9-4-3-5-10-21)29-30-28(32-38-29)22-13-11-20(12-14-22)24(34)18-33-15-6-8-19(17-33)16-25(35)36/h3-5,9-14,19,24,34H,2,6-8,15-18H2,1H3,(H,35,36)/t19-,24?/m1/s1. The molecule has 0 radical (unpaired) electrons. The number of benzene rings is 2. The minimum atomic E-state index is -0.764. The van der Waals surface area contributed by atoms with Crippen LogP contribution in [0.4, 0.5) is 0 Å². The van der Waals surface area contributed by atoms with Crippen molar-refractivity contribution < 1.29 is 24.1 Å². The average Bonchev–Trinajstić information content (AvgIpc) is 3.57. The first-order valence-electron chi connectivity index (χ1n) is 13.1. The van der Waals surface area contributed by atoms with Gasteiger partial charge in [-0.2, -0.15) is 4.98 Å². The van der Waals surface area contributed by atoms with Crippen molar-refractivity contribution in [3.05, 3.63) is 65.7 Å². The molecule has 0 aliphatic carbocycles. The first-order valence-corrected chi connectivity index (χ1v) is 13.1. The average molecular weight is 517 g/mol. The molecule has 2 aromatic carbocycles. The van der Waals surface area contributed by atoms with Crippen LogP contribution < -0.4 is 0 Å². The zero-order valence-electron chi connectivity index (χ0n) is 21.4. The van der Waals surface area contributed by atoms with Gasteiger partial charge in [-0.3, -0.25) is 4.79 Å². The molecule has 198 valence electrons. The number of β-amino-alcohol motifs (C(OH)–C–C–N with tert-alkyl or cyclic N) is 1. The number of hydrogen-bond donors (Lipinski definition) is 2. The molecule has 0 bridgehead atoms. The van der Waals surface area contributed by atoms with E-state index in [0.717, 1.165) is 54.5 Å². The molecule has 1 aliphatic heterocycles. The van der Waals surface area contributed by atoms with Gasteiger partial charge >= 0.3 is 5.97 Å². The van der Waals surface area contributed by atoms with E-state index in [9.17, 15) is 9.90 Å². The van der Waals surface area contributed by atoms with Gasteiger partial charge in [-0.25, -0.2) is 0 Å². The first-order chi connectivity index (χ1) is 18.5. The SMILES string of the molecule is CCCc1c(-c2nc(-c3ccc(C(O)CN4CCC[C@H](CC(=O)O)C4)cc3)no2)noc1-c1ccccc1. The monoisotopic (exact) mass is 516 g/mol. The number of piperidine rings is 1. The lowest BCUT2D eigenvalue weighted by Gasteiger charge is -2.33. The van der Waals surface area contributed by atoms with Gasteiger partial charge in [0.25, 0.3) is 5.89 Å². The number of aliphatic carboxylic acids is 1. The van der Waals surface area contributed by atoms with Gasteiger partial charge in [0.1, 0.15) is 0 Å². The predicted octanol–water partition coefficient (Wildman–Crippen LogP) is 5.23. The highest BCUT2D eigenvalue weighted by atomic mass is 16.5. The highest BCUT2D eigenvalue weighted by Crippen LogP contribution is 2.33. The van der Waals surface area contributed by atoms with Crippen LogP contribution >= 0.6 is 0 Å². The Kier molecular flexibility index (Phi) is 7.95. The fraction of sp³-hybridized carbons (Fsp3) is 0.379. The van der Waals surface area contributed by atoms with E-state index in [1.807, 2.05) is 54.6 Å². The summed E-state index contributed by atoms with van der Waals surface area (Å²) in [5, 5.41) is 28.3. The molecule has 0 spiro atoms. The molecule has 9 heteroatoms. The molecule has 1 fully saturated rings. The number of carboxylic acids is 1. The quantitative estimate of drug-likeness (QED) is 0.291. The number of rotatable bonds is 10. The van der Waals surface area contributed by atoms with Gasteiger partial charge in [-0.1, -0.05) is 78.3 Å². The molecule has 2 atom stereocenters. The number of likely N-dealkylation sites (tertiary alicyclic amines) is 1. The molecule has 0 saturated carbocycles. The van der Waals surface area contributed by atoms with Gasteiger partial charge in [-0.05, 0) is 37.3 Å². The lowest BCUT2D eigenvalue weighted by molar-refractivity contribution is -0.138. The Hall–Kier alpha value is -3.82. The third-order valence-electron chi connectivity index (χ3n) is 7.00. The molecular weight excluding hydrogens is 484 g/mol. The van der Waals surface area contributed by atoms with Crippen molar-refractivity contribution >= 4 is 5.97 Å². The molecule has 38 heavy (non-hydrogen) atoms. The van der Waals surface area contributed by atoms with Crippen molar-refractivity contribution in [3.63, 3.8) is 0 Å². The summed E-state index contributed by atoms with van der Waals surface area (Å²) in [6.07, 6.45) is 3.05. The molecule has 5 rings (SSSR count). The lowest BCUT2D eigenvalue weighted by Crippen LogP contribution is -2.38. The minimum absolute atomic E-state index is 0.134. The van der Waals surface area contributed by atoms with Crippen LogP contribution in [0.15, 0.2) is 63.6 Å². The van der Waals surface area contributed by atoms with Gasteiger partial charge in [0.15, 0.2) is 11.5 Å². The highest BCUT2D eigenvalue weighted by molar-refractivity contribution is 5.70. The maximum atomic E-state index is 11.1. The van der Waals surface area contributed by atoms with Crippen LogP contribution in [-0.2, 0) is 11.2 Å². The number of carboxylic acid groups (broad SMARTS) is 1. The third kappa shape index (κ3) is 5.84. The van der Waals surface area contributed by atoms with E-state index in [2.05, 4.69) is 27.1 Å². The molecule has 3 heterocycles. The summed E-state index contributed by atoms with van der Waals surface area (Å²) < 4.78 is 11.3. The lowest BCUT2D eigenvalue weighted by atomic mass is 9.94. The summed E-state index contributed by atoms with van der Waals surface area (Å²) in [7, 11) is 0. The molecule has 1 unspecified atom stereocenters. The van der Waals surface area contributed by atoms with E-state index in [0.29, 0.717) is 36.3 Å². The zero-order chi connectivity index (χ0) is 26.5. The molecule has 4 aromatic rings. The van der Waals surface area contributed by atoms with Crippen molar-refractivity contribution in [2.75, 3.05) is 19.6 Å². The second kappa shape index (κ2) is 11.7. The number of aromatic nitrogens is 3. The molecular formula is C29H32N4O5. The Labute approximate surface area is 221 Å². The minimum Gasteiger partial charge on any atom is -0.481 e. The van der Waals surface area contributed by atoms with Gasteiger partial charge in [0.2, 0.25) is 5.82 Å². The van der Waals surface area contributed by atoms with E-state index in [-0.39, 0.29) is 12.3 Å². The largest absolute Gasteiger partial charge is 0.481 e. The fourth-order valence-corrected chi connectivity index (χ4v) is 5.15. The van der Waals surface area contributed by atoms with Crippen LogP contribution in [0.1, 0.15) is 49.8 Å². The summed E-state index contributed by atoms with van der Waals surface area (Å²) in [5.41, 5.74) is 3.99. The summed E-state index contributed by atoms with van der Waals surface area (Å²) in [4.78, 5) is 17.8. The predicted molar refractivity (Wildman–Crippen MR) is 141 cm³/mol. The van der Waals surface area contributed by atoms with Crippen molar-refractivity contribution in [3.8, 4) is 34.3 Å². The van der Waals surface area contributed by atoms with E-state index in [1.165, 1.54) is 0 Å². The normalized spacial score (nSPS) is 16.9. The Morgan fingerprint density at radius 3 is 2.61 bits per heavy atom.